The predicted molar refractivity (Wildman–Crippen MR) is 78.5 cm³/mol. The van der Waals surface area contributed by atoms with Crippen molar-refractivity contribution in [3.63, 3.8) is 0 Å². The van der Waals surface area contributed by atoms with Crippen molar-refractivity contribution in [1.82, 2.24) is 10.2 Å². The first-order valence-corrected chi connectivity index (χ1v) is 7.02. The maximum absolute atomic E-state index is 13.9. The maximum atomic E-state index is 13.9. The molecule has 2 bridgehead atoms. The minimum atomic E-state index is -0.181. The second-order valence-electron chi connectivity index (χ2n) is 5.29. The third-order valence-electron chi connectivity index (χ3n) is 4.17. The van der Waals surface area contributed by atoms with Crippen LogP contribution >= 0.6 is 24.0 Å². The number of rotatable bonds is 2. The third kappa shape index (κ3) is 3.22. The van der Waals surface area contributed by atoms with Crippen LogP contribution in [0.15, 0.2) is 18.2 Å². The summed E-state index contributed by atoms with van der Waals surface area (Å²) in [5.74, 6) is -0.181. The number of fused-ring (bicyclic) bond motifs is 2. The van der Waals surface area contributed by atoms with Crippen molar-refractivity contribution < 1.29 is 4.39 Å². The van der Waals surface area contributed by atoms with Gasteiger partial charge in [-0.15, -0.1) is 12.4 Å². The normalized spacial score (nSPS) is 26.8. The fourth-order valence-corrected chi connectivity index (χ4v) is 3.34. The first-order chi connectivity index (χ1) is 8.74. The first kappa shape index (κ1) is 15.0. The van der Waals surface area contributed by atoms with E-state index in [1.165, 1.54) is 25.3 Å². The quantitative estimate of drug-likeness (QED) is 0.902. The molecule has 106 valence electrons. The highest BCUT2D eigenvalue weighted by atomic mass is 35.5. The van der Waals surface area contributed by atoms with Gasteiger partial charge in [0.1, 0.15) is 5.82 Å². The van der Waals surface area contributed by atoms with Gasteiger partial charge in [-0.05, 0) is 37.9 Å². The fraction of sp³-hybridized carbons (Fsp3) is 0.571. The molecule has 1 N–H and O–H groups in total. The van der Waals surface area contributed by atoms with Gasteiger partial charge in [0.05, 0.1) is 0 Å². The number of nitrogens with one attached hydrogen (secondary N) is 1. The summed E-state index contributed by atoms with van der Waals surface area (Å²) in [7, 11) is 0. The van der Waals surface area contributed by atoms with Gasteiger partial charge in [-0.3, -0.25) is 4.90 Å². The highest BCUT2D eigenvalue weighted by Crippen LogP contribution is 2.30. The van der Waals surface area contributed by atoms with E-state index in [1.807, 2.05) is 6.07 Å². The van der Waals surface area contributed by atoms with E-state index in [0.717, 1.165) is 18.7 Å². The molecule has 2 unspecified atom stereocenters. The van der Waals surface area contributed by atoms with Crippen LogP contribution in [0.2, 0.25) is 5.02 Å². The molecule has 2 nitrogen and oxygen atoms in total. The van der Waals surface area contributed by atoms with Crippen molar-refractivity contribution in [2.24, 2.45) is 0 Å². The first-order valence-electron chi connectivity index (χ1n) is 6.64. The summed E-state index contributed by atoms with van der Waals surface area (Å²) in [6, 6.07) is 6.18. The molecule has 5 heteroatoms. The Morgan fingerprint density at radius 3 is 2.84 bits per heavy atom. The van der Waals surface area contributed by atoms with Crippen LogP contribution in [0.25, 0.3) is 0 Å². The van der Waals surface area contributed by atoms with E-state index in [9.17, 15) is 4.39 Å². The average molecular weight is 305 g/mol. The Balaban J connectivity index is 0.00000133. The van der Waals surface area contributed by atoms with Crippen molar-refractivity contribution >= 4 is 24.0 Å². The van der Waals surface area contributed by atoms with Gasteiger partial charge in [-0.2, -0.15) is 0 Å². The summed E-state index contributed by atoms with van der Waals surface area (Å²) < 4.78 is 13.9. The van der Waals surface area contributed by atoms with Gasteiger partial charge in [-0.25, -0.2) is 4.39 Å². The molecule has 1 aromatic carbocycles. The second kappa shape index (κ2) is 6.40. The molecule has 2 aliphatic rings. The lowest BCUT2D eigenvalue weighted by Gasteiger charge is -2.27. The van der Waals surface area contributed by atoms with E-state index in [4.69, 9.17) is 11.6 Å². The molecule has 0 aliphatic carbocycles. The van der Waals surface area contributed by atoms with Crippen LogP contribution in [-0.4, -0.2) is 30.1 Å². The topological polar surface area (TPSA) is 15.3 Å². The number of nitrogens with zero attached hydrogens (tertiary/aromatic N) is 1. The highest BCUT2D eigenvalue weighted by molar-refractivity contribution is 6.30. The Hall–Kier alpha value is -0.350. The molecular weight excluding hydrogens is 286 g/mol. The lowest BCUT2D eigenvalue weighted by atomic mass is 10.1. The Morgan fingerprint density at radius 1 is 1.26 bits per heavy atom. The van der Waals surface area contributed by atoms with Crippen LogP contribution in [-0.2, 0) is 6.54 Å². The monoisotopic (exact) mass is 304 g/mol. The van der Waals surface area contributed by atoms with Crippen molar-refractivity contribution in [2.45, 2.75) is 37.9 Å². The summed E-state index contributed by atoms with van der Waals surface area (Å²) >= 11 is 5.79. The standard InChI is InChI=1S/C14H18ClFN2.ClH/c15-11-2-1-10(14(16)7-11)9-18-12-3-4-13(18)8-17-6-5-12;/h1-2,7,12-13,17H,3-6,8-9H2;1H. The Labute approximate surface area is 124 Å². The minimum Gasteiger partial charge on any atom is -0.315 e. The molecule has 3 rings (SSSR count). The minimum absolute atomic E-state index is 0. The van der Waals surface area contributed by atoms with E-state index in [0.29, 0.717) is 23.7 Å². The van der Waals surface area contributed by atoms with Crippen LogP contribution in [0, 0.1) is 5.82 Å². The molecule has 0 amide bonds. The summed E-state index contributed by atoms with van der Waals surface area (Å²) in [5, 5.41) is 3.93. The molecule has 0 aromatic heterocycles. The van der Waals surface area contributed by atoms with E-state index >= 15 is 0 Å². The van der Waals surface area contributed by atoms with Gasteiger partial charge in [-0.1, -0.05) is 17.7 Å². The number of hydrogen-bond acceptors (Lipinski definition) is 2. The van der Waals surface area contributed by atoms with Gasteiger partial charge in [0.15, 0.2) is 0 Å². The molecule has 0 radical (unpaired) electrons. The van der Waals surface area contributed by atoms with Crippen molar-refractivity contribution in [3.05, 3.63) is 34.6 Å². The predicted octanol–water partition coefficient (Wildman–Crippen LogP) is 3.23. The van der Waals surface area contributed by atoms with Gasteiger partial charge < -0.3 is 5.32 Å². The highest BCUT2D eigenvalue weighted by Gasteiger charge is 2.34. The van der Waals surface area contributed by atoms with Crippen LogP contribution in [0.3, 0.4) is 0 Å². The summed E-state index contributed by atoms with van der Waals surface area (Å²) in [6.07, 6.45) is 3.65. The second-order valence-corrected chi connectivity index (χ2v) is 5.72. The van der Waals surface area contributed by atoms with Crippen molar-refractivity contribution in [3.8, 4) is 0 Å². The van der Waals surface area contributed by atoms with Gasteiger partial charge >= 0.3 is 0 Å². The molecular formula is C14H19Cl2FN2. The van der Waals surface area contributed by atoms with Crippen LogP contribution in [0.4, 0.5) is 4.39 Å². The SMILES string of the molecule is Cl.Fc1cc(Cl)ccc1CN1C2CCNCC1CC2. The largest absolute Gasteiger partial charge is 0.315 e. The lowest BCUT2D eigenvalue weighted by Crippen LogP contribution is -2.37. The summed E-state index contributed by atoms with van der Waals surface area (Å²) in [6.45, 7) is 2.83. The molecule has 2 saturated heterocycles. The Bertz CT molecular complexity index is 427. The third-order valence-corrected chi connectivity index (χ3v) is 4.41. The molecule has 19 heavy (non-hydrogen) atoms. The Kier molecular flexibility index (Phi) is 5.07. The molecule has 2 aliphatic heterocycles. The summed E-state index contributed by atoms with van der Waals surface area (Å²) in [5.41, 5.74) is 0.762. The van der Waals surface area contributed by atoms with Crippen LogP contribution in [0.1, 0.15) is 24.8 Å². The van der Waals surface area contributed by atoms with E-state index in [2.05, 4.69) is 10.2 Å². The molecule has 0 saturated carbocycles. The maximum Gasteiger partial charge on any atom is 0.129 e. The molecule has 0 spiro atoms. The molecule has 2 heterocycles. The number of halogens is 3. The zero-order valence-electron chi connectivity index (χ0n) is 10.7. The lowest BCUT2D eigenvalue weighted by molar-refractivity contribution is 0.191. The van der Waals surface area contributed by atoms with Gasteiger partial charge in [0, 0.05) is 35.8 Å². The number of hydrogen-bond donors (Lipinski definition) is 1. The van der Waals surface area contributed by atoms with E-state index < -0.39 is 0 Å². The zero-order valence-corrected chi connectivity index (χ0v) is 12.3. The Morgan fingerprint density at radius 2 is 2.05 bits per heavy atom. The molecule has 1 aromatic rings. The zero-order chi connectivity index (χ0) is 12.5. The van der Waals surface area contributed by atoms with E-state index in [-0.39, 0.29) is 18.2 Å². The fourth-order valence-electron chi connectivity index (χ4n) is 3.19. The average Bonchev–Trinajstić information content (AvgIpc) is 2.56. The summed E-state index contributed by atoms with van der Waals surface area (Å²) in [4.78, 5) is 2.46. The van der Waals surface area contributed by atoms with Crippen molar-refractivity contribution in [2.75, 3.05) is 13.1 Å². The number of benzene rings is 1. The van der Waals surface area contributed by atoms with E-state index in [1.54, 1.807) is 6.07 Å². The van der Waals surface area contributed by atoms with Gasteiger partial charge in [0.25, 0.3) is 0 Å². The van der Waals surface area contributed by atoms with Crippen molar-refractivity contribution in [1.29, 1.82) is 0 Å². The molecule has 2 fully saturated rings. The van der Waals surface area contributed by atoms with Gasteiger partial charge in [0.2, 0.25) is 0 Å². The van der Waals surface area contributed by atoms with Crippen LogP contribution < -0.4 is 5.32 Å². The smallest absolute Gasteiger partial charge is 0.129 e. The van der Waals surface area contributed by atoms with Crippen LogP contribution in [0.5, 0.6) is 0 Å². The molecule has 2 atom stereocenters.